The summed E-state index contributed by atoms with van der Waals surface area (Å²) in [4.78, 5) is 29.6. The van der Waals surface area contributed by atoms with Crippen LogP contribution in [0.3, 0.4) is 0 Å². The zero-order valence-electron chi connectivity index (χ0n) is 19.5. The highest BCUT2D eigenvalue weighted by molar-refractivity contribution is 6.25. The Morgan fingerprint density at radius 2 is 1.62 bits per heavy atom. The van der Waals surface area contributed by atoms with Gasteiger partial charge in [-0.2, -0.15) is 0 Å². The van der Waals surface area contributed by atoms with Crippen LogP contribution in [0.4, 0.5) is 5.69 Å². The van der Waals surface area contributed by atoms with Gasteiger partial charge in [-0.25, -0.2) is 0 Å². The van der Waals surface area contributed by atoms with E-state index >= 15 is 0 Å². The van der Waals surface area contributed by atoms with Crippen molar-refractivity contribution in [1.29, 1.82) is 0 Å². The fraction of sp³-hybridized carbons (Fsp3) is 0.379. The smallest absolute Gasteiger partial charge is 0.192 e. The van der Waals surface area contributed by atoms with E-state index in [-0.39, 0.29) is 22.9 Å². The number of allylic oxidation sites excluding steroid dienone is 3. The van der Waals surface area contributed by atoms with Gasteiger partial charge in [0.25, 0.3) is 0 Å². The Morgan fingerprint density at radius 1 is 0.938 bits per heavy atom. The van der Waals surface area contributed by atoms with Crippen LogP contribution in [0.25, 0.3) is 5.70 Å². The molecule has 3 nitrogen and oxygen atoms in total. The summed E-state index contributed by atoms with van der Waals surface area (Å²) in [6, 6.07) is 16.4. The van der Waals surface area contributed by atoms with Crippen LogP contribution in [0.5, 0.6) is 0 Å². The third-order valence-corrected chi connectivity index (χ3v) is 7.15. The van der Waals surface area contributed by atoms with Gasteiger partial charge in [-0.05, 0) is 37.3 Å². The van der Waals surface area contributed by atoms with Crippen LogP contribution in [0.1, 0.15) is 74.4 Å². The van der Waals surface area contributed by atoms with Crippen molar-refractivity contribution in [3.63, 3.8) is 0 Å². The lowest BCUT2D eigenvalue weighted by molar-refractivity contribution is -0.118. The second kappa shape index (κ2) is 7.58. The predicted molar refractivity (Wildman–Crippen MR) is 129 cm³/mol. The molecular formula is C29H31NO2. The number of benzene rings is 2. The first-order valence-electron chi connectivity index (χ1n) is 11.8. The molecule has 164 valence electrons. The molecule has 2 aromatic rings. The number of hydrogen-bond acceptors (Lipinski definition) is 3. The average molecular weight is 426 g/mol. The van der Waals surface area contributed by atoms with Gasteiger partial charge in [0.2, 0.25) is 0 Å². The molecule has 3 heteroatoms. The van der Waals surface area contributed by atoms with Crippen molar-refractivity contribution < 1.29 is 9.59 Å². The first kappa shape index (κ1) is 20.9. The maximum Gasteiger partial charge on any atom is 0.192 e. The number of aryl methyl sites for hydroxylation is 1. The van der Waals surface area contributed by atoms with Gasteiger partial charge < -0.3 is 4.90 Å². The van der Waals surface area contributed by atoms with Crippen molar-refractivity contribution >= 4 is 23.0 Å². The highest BCUT2D eigenvalue weighted by Gasteiger charge is 2.48. The normalized spacial score (nSPS) is 21.6. The van der Waals surface area contributed by atoms with Gasteiger partial charge >= 0.3 is 0 Å². The van der Waals surface area contributed by atoms with E-state index in [0.717, 1.165) is 65.0 Å². The molecule has 0 spiro atoms. The van der Waals surface area contributed by atoms with Crippen LogP contribution in [0, 0.1) is 18.3 Å². The first-order chi connectivity index (χ1) is 15.3. The quantitative estimate of drug-likeness (QED) is 0.536. The Hall–Kier alpha value is -2.94. The Morgan fingerprint density at radius 3 is 2.31 bits per heavy atom. The van der Waals surface area contributed by atoms with E-state index in [1.807, 2.05) is 18.2 Å². The third-order valence-electron chi connectivity index (χ3n) is 7.15. The number of fused-ring (bicyclic) bond motifs is 2. The fourth-order valence-electron chi connectivity index (χ4n) is 5.70. The summed E-state index contributed by atoms with van der Waals surface area (Å²) in [7, 11) is 0. The number of nitrogens with zero attached hydrogens (tertiary/aromatic N) is 1. The zero-order chi connectivity index (χ0) is 22.6. The van der Waals surface area contributed by atoms with Crippen LogP contribution >= 0.6 is 0 Å². The SMILES string of the molecule is CCCCC1C2=C(CC(C)(C)CC2=O)N(c2ccc(C)cc2)C2=C1C(=O)c1ccccc12. The number of anilines is 1. The molecule has 0 saturated heterocycles. The highest BCUT2D eigenvalue weighted by atomic mass is 16.1. The van der Waals surface area contributed by atoms with E-state index < -0.39 is 0 Å². The molecule has 0 fully saturated rings. The largest absolute Gasteiger partial charge is 0.313 e. The second-order valence-corrected chi connectivity index (χ2v) is 10.3. The van der Waals surface area contributed by atoms with Gasteiger partial charge in [0.1, 0.15) is 0 Å². The van der Waals surface area contributed by atoms with Crippen molar-refractivity contribution in [1.82, 2.24) is 0 Å². The van der Waals surface area contributed by atoms with E-state index in [1.165, 1.54) is 5.56 Å². The number of carbonyl (C=O) groups is 2. The molecule has 5 rings (SSSR count). The van der Waals surface area contributed by atoms with Gasteiger partial charge in [0.05, 0.1) is 5.70 Å². The van der Waals surface area contributed by atoms with Gasteiger partial charge in [-0.1, -0.05) is 75.6 Å². The molecule has 1 unspecified atom stereocenters. The molecular weight excluding hydrogens is 394 g/mol. The topological polar surface area (TPSA) is 37.4 Å². The van der Waals surface area contributed by atoms with Gasteiger partial charge in [-0.3, -0.25) is 9.59 Å². The van der Waals surface area contributed by atoms with Crippen molar-refractivity contribution in [3.05, 3.63) is 82.1 Å². The third kappa shape index (κ3) is 3.18. The minimum Gasteiger partial charge on any atom is -0.313 e. The van der Waals surface area contributed by atoms with Crippen LogP contribution in [0.15, 0.2) is 65.4 Å². The Labute approximate surface area is 190 Å². The summed E-state index contributed by atoms with van der Waals surface area (Å²) in [5.74, 6) is 0.202. The number of Topliss-reactive ketones (excluding diaryl/α,β-unsaturated/α-hetero) is 2. The van der Waals surface area contributed by atoms with Gasteiger partial charge in [0.15, 0.2) is 11.6 Å². The number of rotatable bonds is 4. The van der Waals surface area contributed by atoms with E-state index in [4.69, 9.17) is 0 Å². The molecule has 32 heavy (non-hydrogen) atoms. The first-order valence-corrected chi connectivity index (χ1v) is 11.8. The van der Waals surface area contributed by atoms with Crippen molar-refractivity contribution in [2.45, 2.75) is 59.8 Å². The lowest BCUT2D eigenvalue weighted by Crippen LogP contribution is -2.40. The molecule has 2 aromatic carbocycles. The minimum absolute atomic E-state index is 0.0954. The van der Waals surface area contributed by atoms with E-state index in [2.05, 4.69) is 62.9 Å². The molecule has 1 heterocycles. The van der Waals surface area contributed by atoms with Crippen LogP contribution < -0.4 is 4.90 Å². The number of hydrogen-bond donors (Lipinski definition) is 0. The summed E-state index contributed by atoms with van der Waals surface area (Å²) >= 11 is 0. The maximum absolute atomic E-state index is 13.7. The van der Waals surface area contributed by atoms with Crippen LogP contribution in [-0.2, 0) is 4.79 Å². The lowest BCUT2D eigenvalue weighted by atomic mass is 9.68. The summed E-state index contributed by atoms with van der Waals surface area (Å²) in [5, 5.41) is 0. The van der Waals surface area contributed by atoms with Gasteiger partial charge in [-0.15, -0.1) is 0 Å². The van der Waals surface area contributed by atoms with E-state index in [0.29, 0.717) is 6.42 Å². The Balaban J connectivity index is 1.80. The van der Waals surface area contributed by atoms with Crippen LogP contribution in [0.2, 0.25) is 0 Å². The summed E-state index contributed by atoms with van der Waals surface area (Å²) in [6.45, 7) is 8.61. The summed E-state index contributed by atoms with van der Waals surface area (Å²) in [6.07, 6.45) is 4.27. The monoisotopic (exact) mass is 425 g/mol. The molecule has 2 aliphatic carbocycles. The summed E-state index contributed by atoms with van der Waals surface area (Å²) in [5.41, 5.74) is 7.69. The zero-order valence-corrected chi connectivity index (χ0v) is 19.5. The van der Waals surface area contributed by atoms with Gasteiger partial charge in [0, 0.05) is 46.0 Å². The van der Waals surface area contributed by atoms with Crippen molar-refractivity contribution in [2.75, 3.05) is 4.90 Å². The second-order valence-electron chi connectivity index (χ2n) is 10.3. The predicted octanol–water partition coefficient (Wildman–Crippen LogP) is 6.87. The molecule has 3 aliphatic rings. The Bertz CT molecular complexity index is 1180. The minimum atomic E-state index is -0.106. The molecule has 0 amide bonds. The number of carbonyl (C=O) groups excluding carboxylic acids is 2. The van der Waals surface area contributed by atoms with Crippen LogP contribution in [-0.4, -0.2) is 11.6 Å². The van der Waals surface area contributed by atoms with E-state index in [1.54, 1.807) is 0 Å². The number of ketones is 2. The lowest BCUT2D eigenvalue weighted by Gasteiger charge is -2.44. The molecule has 0 bridgehead atoms. The fourth-order valence-corrected chi connectivity index (χ4v) is 5.70. The molecule has 0 N–H and O–H groups in total. The molecule has 1 atom stereocenters. The maximum atomic E-state index is 13.7. The van der Waals surface area contributed by atoms with E-state index in [9.17, 15) is 9.59 Å². The molecule has 0 aromatic heterocycles. The number of unbranched alkanes of at least 4 members (excludes halogenated alkanes) is 1. The highest BCUT2D eigenvalue weighted by Crippen LogP contribution is 2.54. The Kier molecular flexibility index (Phi) is 4.96. The summed E-state index contributed by atoms with van der Waals surface area (Å²) < 4.78 is 0. The van der Waals surface area contributed by atoms with Crippen molar-refractivity contribution in [2.24, 2.45) is 11.3 Å². The average Bonchev–Trinajstić information content (AvgIpc) is 3.04. The standard InChI is InChI=1S/C29H31NO2/c1-5-6-9-22-25-23(16-29(3,4)17-24(25)31)30(19-14-12-18(2)13-15-19)27-20-10-7-8-11-21(20)28(32)26(22)27/h7-8,10-15,22H,5-6,9,16-17H2,1-4H3. The van der Waals surface area contributed by atoms with Crippen molar-refractivity contribution in [3.8, 4) is 0 Å². The molecule has 0 radical (unpaired) electrons. The molecule has 0 saturated carbocycles. The molecule has 1 aliphatic heterocycles.